The molecule has 0 aromatic carbocycles. The monoisotopic (exact) mass is 276 g/mol. The number of carboxylic acid groups (broad SMARTS) is 2. The van der Waals surface area contributed by atoms with Gasteiger partial charge in [0.2, 0.25) is 0 Å². The lowest BCUT2D eigenvalue weighted by atomic mass is 10.4. The van der Waals surface area contributed by atoms with Crippen molar-refractivity contribution in [1.29, 1.82) is 0 Å². The zero-order valence-electron chi connectivity index (χ0n) is 8.77. The number of rotatable bonds is 9. The predicted molar refractivity (Wildman–Crippen MR) is 64.7 cm³/mol. The minimum absolute atomic E-state index is 0. The summed E-state index contributed by atoms with van der Waals surface area (Å²) in [5.41, 5.74) is 0. The van der Waals surface area contributed by atoms with Crippen LogP contribution < -0.4 is 10.6 Å². The van der Waals surface area contributed by atoms with Gasteiger partial charge in [-0.3, -0.25) is 9.59 Å². The Morgan fingerprint density at radius 3 is 1.31 bits per heavy atom. The van der Waals surface area contributed by atoms with Crippen molar-refractivity contribution in [3.8, 4) is 0 Å². The van der Waals surface area contributed by atoms with E-state index in [1.165, 1.54) is 0 Å². The van der Waals surface area contributed by atoms with Crippen LogP contribution in [0.1, 0.15) is 12.8 Å². The Hall–Kier alpha value is -0.560. The van der Waals surface area contributed by atoms with E-state index in [4.69, 9.17) is 10.2 Å². The predicted octanol–water partition coefficient (Wildman–Crippen LogP) is -0.0414. The van der Waals surface area contributed by atoms with E-state index < -0.39 is 11.9 Å². The molecule has 0 aliphatic rings. The van der Waals surface area contributed by atoms with Crippen molar-refractivity contribution in [2.45, 2.75) is 12.8 Å². The maximum Gasteiger partial charge on any atom is 0.304 e. The van der Waals surface area contributed by atoms with Gasteiger partial charge in [-0.25, -0.2) is 0 Å². The number of carboxylic acids is 2. The highest BCUT2D eigenvalue weighted by atomic mass is 35.5. The first-order valence-electron chi connectivity index (χ1n) is 4.48. The molecule has 6 nitrogen and oxygen atoms in total. The molecule has 4 N–H and O–H groups in total. The number of halogens is 2. The van der Waals surface area contributed by atoms with E-state index in [-0.39, 0.29) is 37.7 Å². The van der Waals surface area contributed by atoms with Gasteiger partial charge in [0.15, 0.2) is 0 Å². The lowest BCUT2D eigenvalue weighted by molar-refractivity contribution is -0.137. The van der Waals surface area contributed by atoms with Gasteiger partial charge < -0.3 is 20.8 Å². The van der Waals surface area contributed by atoms with Crippen molar-refractivity contribution in [2.75, 3.05) is 26.2 Å². The lowest BCUT2D eigenvalue weighted by Gasteiger charge is -2.03. The highest BCUT2D eigenvalue weighted by molar-refractivity contribution is 5.85. The van der Waals surface area contributed by atoms with Crippen molar-refractivity contribution in [2.24, 2.45) is 0 Å². The molecule has 0 aromatic heterocycles. The maximum absolute atomic E-state index is 10.1. The molecule has 8 heteroatoms. The summed E-state index contributed by atoms with van der Waals surface area (Å²) >= 11 is 0. The Morgan fingerprint density at radius 1 is 0.750 bits per heavy atom. The summed E-state index contributed by atoms with van der Waals surface area (Å²) in [6, 6.07) is 0. The molecule has 0 aromatic rings. The van der Waals surface area contributed by atoms with Crippen LogP contribution in [0.4, 0.5) is 0 Å². The molecule has 0 amide bonds. The van der Waals surface area contributed by atoms with Crippen LogP contribution in [0.3, 0.4) is 0 Å². The van der Waals surface area contributed by atoms with Crippen LogP contribution in [-0.2, 0) is 9.59 Å². The van der Waals surface area contributed by atoms with Gasteiger partial charge in [0, 0.05) is 26.2 Å². The summed E-state index contributed by atoms with van der Waals surface area (Å²) in [5, 5.41) is 22.4. The summed E-state index contributed by atoms with van der Waals surface area (Å²) < 4.78 is 0. The zero-order chi connectivity index (χ0) is 10.8. The van der Waals surface area contributed by atoms with E-state index in [1.807, 2.05) is 0 Å². The molecule has 0 bridgehead atoms. The summed E-state index contributed by atoms with van der Waals surface area (Å²) in [7, 11) is 0. The molecule has 0 unspecified atom stereocenters. The minimum Gasteiger partial charge on any atom is -0.481 e. The first kappa shape index (κ1) is 20.8. The molecule has 0 aliphatic carbocycles. The molecule has 0 saturated heterocycles. The molecule has 0 saturated carbocycles. The SMILES string of the molecule is Cl.Cl.O=C(O)CCNCCNCCC(=O)O. The first-order valence-corrected chi connectivity index (χ1v) is 4.48. The fourth-order valence-corrected chi connectivity index (χ4v) is 0.817. The molecule has 0 heterocycles. The Kier molecular flexibility index (Phi) is 18.8. The topological polar surface area (TPSA) is 98.7 Å². The Morgan fingerprint density at radius 2 is 1.06 bits per heavy atom. The van der Waals surface area contributed by atoms with Crippen LogP contribution in [0.2, 0.25) is 0 Å². The van der Waals surface area contributed by atoms with E-state index >= 15 is 0 Å². The van der Waals surface area contributed by atoms with Gasteiger partial charge in [-0.05, 0) is 0 Å². The molecule has 0 radical (unpaired) electrons. The summed E-state index contributed by atoms with van der Waals surface area (Å²) in [4.78, 5) is 20.2. The van der Waals surface area contributed by atoms with Crippen LogP contribution >= 0.6 is 24.8 Å². The number of nitrogens with one attached hydrogen (secondary N) is 2. The van der Waals surface area contributed by atoms with Gasteiger partial charge in [-0.2, -0.15) is 0 Å². The molecular weight excluding hydrogens is 259 g/mol. The third-order valence-electron chi connectivity index (χ3n) is 1.51. The van der Waals surface area contributed by atoms with Crippen LogP contribution in [-0.4, -0.2) is 48.3 Å². The Labute approximate surface area is 107 Å². The quantitative estimate of drug-likeness (QED) is 0.441. The molecule has 98 valence electrons. The fourth-order valence-electron chi connectivity index (χ4n) is 0.817. The molecular formula is C8H18Cl2N2O4. The largest absolute Gasteiger partial charge is 0.481 e. The second-order valence-corrected chi connectivity index (χ2v) is 2.79. The van der Waals surface area contributed by atoms with E-state index in [1.54, 1.807) is 0 Å². The smallest absolute Gasteiger partial charge is 0.304 e. The summed E-state index contributed by atoms with van der Waals surface area (Å²) in [6.45, 7) is 2.17. The maximum atomic E-state index is 10.1. The highest BCUT2D eigenvalue weighted by Crippen LogP contribution is 1.75. The van der Waals surface area contributed by atoms with E-state index in [0.29, 0.717) is 26.2 Å². The third-order valence-corrected chi connectivity index (χ3v) is 1.51. The average molecular weight is 277 g/mol. The van der Waals surface area contributed by atoms with Crippen molar-refractivity contribution in [1.82, 2.24) is 10.6 Å². The fraction of sp³-hybridized carbons (Fsp3) is 0.750. The molecule has 0 fully saturated rings. The Bertz CT molecular complexity index is 173. The number of carbonyl (C=O) groups is 2. The van der Waals surface area contributed by atoms with Crippen molar-refractivity contribution in [3.63, 3.8) is 0 Å². The van der Waals surface area contributed by atoms with E-state index in [9.17, 15) is 9.59 Å². The van der Waals surface area contributed by atoms with Gasteiger partial charge in [0.25, 0.3) is 0 Å². The first-order chi connectivity index (χ1) is 6.63. The molecule has 0 rings (SSSR count). The standard InChI is InChI=1S/C8H16N2O4.2ClH/c11-7(12)1-3-9-5-6-10-4-2-8(13)14;;/h9-10H,1-6H2,(H,11,12)(H,13,14);2*1H. The Balaban J connectivity index is -0.000000845. The van der Waals surface area contributed by atoms with Crippen LogP contribution in [0.15, 0.2) is 0 Å². The third kappa shape index (κ3) is 19.1. The zero-order valence-corrected chi connectivity index (χ0v) is 10.4. The van der Waals surface area contributed by atoms with Crippen molar-refractivity contribution >= 4 is 36.8 Å². The molecule has 0 aliphatic heterocycles. The van der Waals surface area contributed by atoms with Crippen LogP contribution in [0.5, 0.6) is 0 Å². The van der Waals surface area contributed by atoms with E-state index in [2.05, 4.69) is 10.6 Å². The summed E-state index contributed by atoms with van der Waals surface area (Å²) in [6.07, 6.45) is 0.213. The van der Waals surface area contributed by atoms with Crippen molar-refractivity contribution in [3.05, 3.63) is 0 Å². The number of aliphatic carboxylic acids is 2. The average Bonchev–Trinajstić information content (AvgIpc) is 2.08. The van der Waals surface area contributed by atoms with Gasteiger partial charge in [-0.1, -0.05) is 0 Å². The van der Waals surface area contributed by atoms with Crippen LogP contribution in [0, 0.1) is 0 Å². The second-order valence-electron chi connectivity index (χ2n) is 2.79. The van der Waals surface area contributed by atoms with Gasteiger partial charge in [-0.15, -0.1) is 24.8 Å². The van der Waals surface area contributed by atoms with E-state index in [0.717, 1.165) is 0 Å². The normalized spacial score (nSPS) is 8.75. The second kappa shape index (κ2) is 14.4. The molecule has 16 heavy (non-hydrogen) atoms. The van der Waals surface area contributed by atoms with Crippen molar-refractivity contribution < 1.29 is 19.8 Å². The van der Waals surface area contributed by atoms with Gasteiger partial charge in [0.05, 0.1) is 12.8 Å². The highest BCUT2D eigenvalue weighted by Gasteiger charge is 1.96. The van der Waals surface area contributed by atoms with Gasteiger partial charge in [0.1, 0.15) is 0 Å². The lowest BCUT2D eigenvalue weighted by Crippen LogP contribution is -2.29. The number of hydrogen-bond acceptors (Lipinski definition) is 4. The minimum atomic E-state index is -0.823. The van der Waals surface area contributed by atoms with Gasteiger partial charge >= 0.3 is 11.9 Å². The summed E-state index contributed by atoms with van der Waals surface area (Å²) in [5.74, 6) is -1.65. The van der Waals surface area contributed by atoms with Crippen LogP contribution in [0.25, 0.3) is 0 Å². The molecule has 0 spiro atoms. The molecule has 0 atom stereocenters. The number of hydrogen-bond donors (Lipinski definition) is 4.